The summed E-state index contributed by atoms with van der Waals surface area (Å²) in [6.07, 6.45) is -5.12. The summed E-state index contributed by atoms with van der Waals surface area (Å²) in [6.45, 7) is -1.17. The molecule has 0 aromatic carbocycles. The molecule has 1 aromatic heterocycles. The Hall–Kier alpha value is -2.22. The second kappa shape index (κ2) is 8.13. The molecule has 3 heterocycles. The number of aromatic nitrogens is 1. The second-order valence-corrected chi connectivity index (χ2v) is 9.02. The fraction of sp³-hybridized carbons (Fsp3) is 0.625. The van der Waals surface area contributed by atoms with Gasteiger partial charge in [-0.25, -0.2) is 27.0 Å². The number of hydrogen-bond acceptors (Lipinski definition) is 6. The first-order valence-corrected chi connectivity index (χ1v) is 10.5. The molecular formula is C16H18F5N3O5S. The molecule has 8 nitrogen and oxygen atoms in total. The third kappa shape index (κ3) is 5.68. The van der Waals surface area contributed by atoms with Gasteiger partial charge in [-0.15, -0.1) is 13.2 Å². The van der Waals surface area contributed by atoms with E-state index in [2.05, 4.69) is 9.72 Å². The van der Waals surface area contributed by atoms with Crippen LogP contribution in [0.5, 0.6) is 11.6 Å². The van der Waals surface area contributed by atoms with E-state index in [-0.39, 0.29) is 24.6 Å². The molecule has 30 heavy (non-hydrogen) atoms. The quantitative estimate of drug-likeness (QED) is 0.646. The zero-order valence-corrected chi connectivity index (χ0v) is 16.3. The SMILES string of the molecule is O=C(Oc1ccc(OC(F)(F)F)nc1)N1C[C@H](N2CCCCS2(=O)=O)CC(F)(F)C1. The van der Waals surface area contributed by atoms with Crippen molar-refractivity contribution in [3.05, 3.63) is 18.3 Å². The molecule has 2 aliphatic heterocycles. The van der Waals surface area contributed by atoms with Gasteiger partial charge in [-0.2, -0.15) is 4.31 Å². The van der Waals surface area contributed by atoms with Crippen LogP contribution in [0.25, 0.3) is 0 Å². The fourth-order valence-corrected chi connectivity index (χ4v) is 5.20. The van der Waals surface area contributed by atoms with Crippen LogP contribution in [0.1, 0.15) is 19.3 Å². The number of carbonyl (C=O) groups is 1. The summed E-state index contributed by atoms with van der Waals surface area (Å²) in [7, 11) is -3.70. The number of sulfonamides is 1. The topological polar surface area (TPSA) is 89.0 Å². The van der Waals surface area contributed by atoms with Crippen molar-refractivity contribution in [1.29, 1.82) is 0 Å². The van der Waals surface area contributed by atoms with E-state index < -0.39 is 53.3 Å². The number of carbonyl (C=O) groups excluding carboxylic acids is 1. The second-order valence-electron chi connectivity index (χ2n) is 6.98. The minimum absolute atomic E-state index is 0.0938. The number of likely N-dealkylation sites (tertiary alicyclic amines) is 1. The Morgan fingerprint density at radius 2 is 1.97 bits per heavy atom. The number of halogens is 5. The van der Waals surface area contributed by atoms with Gasteiger partial charge >= 0.3 is 12.5 Å². The number of nitrogens with zero attached hydrogens (tertiary/aromatic N) is 3. The van der Waals surface area contributed by atoms with E-state index in [0.29, 0.717) is 17.7 Å². The average molecular weight is 459 g/mol. The molecular weight excluding hydrogens is 441 g/mol. The molecule has 3 rings (SSSR count). The zero-order valence-electron chi connectivity index (χ0n) is 15.4. The summed E-state index contributed by atoms with van der Waals surface area (Å²) >= 11 is 0. The van der Waals surface area contributed by atoms with Crippen molar-refractivity contribution >= 4 is 16.1 Å². The normalized spacial score (nSPS) is 24.3. The lowest BCUT2D eigenvalue weighted by molar-refractivity contribution is -0.276. The van der Waals surface area contributed by atoms with Crippen molar-refractivity contribution in [2.24, 2.45) is 0 Å². The first kappa shape index (κ1) is 22.5. The van der Waals surface area contributed by atoms with E-state index in [1.54, 1.807) is 0 Å². The number of amides is 1. The lowest BCUT2D eigenvalue weighted by Gasteiger charge is -2.42. The molecule has 0 spiro atoms. The van der Waals surface area contributed by atoms with Crippen LogP contribution in [0, 0.1) is 0 Å². The maximum Gasteiger partial charge on any atom is 0.574 e. The molecule has 2 aliphatic rings. The molecule has 14 heteroatoms. The van der Waals surface area contributed by atoms with Gasteiger partial charge in [-0.3, -0.25) is 0 Å². The summed E-state index contributed by atoms with van der Waals surface area (Å²) in [5.74, 6) is -4.55. The molecule has 0 aliphatic carbocycles. The van der Waals surface area contributed by atoms with Crippen LogP contribution in [0.15, 0.2) is 18.3 Å². The maximum absolute atomic E-state index is 14.2. The van der Waals surface area contributed by atoms with E-state index in [0.717, 1.165) is 22.6 Å². The monoisotopic (exact) mass is 459 g/mol. The highest BCUT2D eigenvalue weighted by atomic mass is 32.2. The molecule has 0 saturated carbocycles. The largest absolute Gasteiger partial charge is 0.574 e. The van der Waals surface area contributed by atoms with Gasteiger partial charge in [-0.05, 0) is 18.9 Å². The third-order valence-corrected chi connectivity index (χ3v) is 6.58. The minimum atomic E-state index is -4.95. The third-order valence-electron chi connectivity index (χ3n) is 4.58. The number of hydrogen-bond donors (Lipinski definition) is 0. The highest BCUT2D eigenvalue weighted by Gasteiger charge is 2.47. The summed E-state index contributed by atoms with van der Waals surface area (Å²) in [6, 6.07) is 0.650. The number of alkyl halides is 5. The minimum Gasteiger partial charge on any atom is -0.409 e. The van der Waals surface area contributed by atoms with Gasteiger partial charge in [0.05, 0.1) is 18.5 Å². The number of pyridine rings is 1. The maximum atomic E-state index is 14.2. The van der Waals surface area contributed by atoms with Crippen molar-refractivity contribution in [3.8, 4) is 11.6 Å². The first-order chi connectivity index (χ1) is 13.8. The van der Waals surface area contributed by atoms with Crippen LogP contribution in [-0.2, 0) is 10.0 Å². The van der Waals surface area contributed by atoms with Crippen LogP contribution in [0.4, 0.5) is 26.7 Å². The Bertz CT molecular complexity index is 878. The van der Waals surface area contributed by atoms with Gasteiger partial charge in [0.25, 0.3) is 5.92 Å². The number of piperidine rings is 1. The fourth-order valence-electron chi connectivity index (χ4n) is 3.39. The Kier molecular flexibility index (Phi) is 6.09. The predicted octanol–water partition coefficient (Wildman–Crippen LogP) is 2.61. The van der Waals surface area contributed by atoms with Gasteiger partial charge in [0, 0.05) is 31.6 Å². The van der Waals surface area contributed by atoms with E-state index in [1.807, 2.05) is 0 Å². The van der Waals surface area contributed by atoms with E-state index in [4.69, 9.17) is 4.74 Å². The van der Waals surface area contributed by atoms with E-state index >= 15 is 0 Å². The van der Waals surface area contributed by atoms with Crippen molar-refractivity contribution in [3.63, 3.8) is 0 Å². The molecule has 1 aromatic rings. The highest BCUT2D eigenvalue weighted by molar-refractivity contribution is 7.89. The Balaban J connectivity index is 1.69. The molecule has 2 saturated heterocycles. The molecule has 0 N–H and O–H groups in total. The van der Waals surface area contributed by atoms with E-state index in [9.17, 15) is 35.2 Å². The molecule has 2 fully saturated rings. The smallest absolute Gasteiger partial charge is 0.409 e. The Morgan fingerprint density at radius 1 is 1.23 bits per heavy atom. The van der Waals surface area contributed by atoms with Gasteiger partial charge in [0.2, 0.25) is 15.9 Å². The zero-order chi connectivity index (χ0) is 22.2. The van der Waals surface area contributed by atoms with Crippen molar-refractivity contribution in [1.82, 2.24) is 14.2 Å². The van der Waals surface area contributed by atoms with Crippen molar-refractivity contribution in [2.45, 2.75) is 37.6 Å². The Labute approximate surface area is 168 Å². The standard InChI is InChI=1S/C16H18F5N3O5S/c17-15(18)7-11(24-5-1-2-6-30(24,26)27)9-23(10-15)14(25)28-12-3-4-13(22-8-12)29-16(19,20)21/h3-4,8,11H,1-2,5-7,9-10H2/t11-/m1/s1. The summed E-state index contributed by atoms with van der Waals surface area (Å²) in [5, 5.41) is 0. The summed E-state index contributed by atoms with van der Waals surface area (Å²) in [4.78, 5) is 16.3. The summed E-state index contributed by atoms with van der Waals surface area (Å²) in [5.41, 5.74) is 0. The molecule has 0 bridgehead atoms. The van der Waals surface area contributed by atoms with Gasteiger partial charge < -0.3 is 14.4 Å². The first-order valence-electron chi connectivity index (χ1n) is 8.91. The van der Waals surface area contributed by atoms with Crippen LogP contribution in [0.2, 0.25) is 0 Å². The molecule has 1 atom stereocenters. The predicted molar refractivity (Wildman–Crippen MR) is 91.6 cm³/mol. The van der Waals surface area contributed by atoms with Crippen LogP contribution in [0.3, 0.4) is 0 Å². The van der Waals surface area contributed by atoms with Gasteiger partial charge in [-0.1, -0.05) is 0 Å². The van der Waals surface area contributed by atoms with Crippen molar-refractivity contribution < 1.29 is 44.6 Å². The van der Waals surface area contributed by atoms with Gasteiger partial charge in [0.1, 0.15) is 0 Å². The summed E-state index contributed by atoms with van der Waals surface area (Å²) < 4.78 is 98.8. The number of rotatable bonds is 3. The average Bonchev–Trinajstić information content (AvgIpc) is 2.60. The lowest BCUT2D eigenvalue weighted by Crippen LogP contribution is -2.59. The molecule has 168 valence electrons. The number of ether oxygens (including phenoxy) is 2. The molecule has 1 amide bonds. The lowest BCUT2D eigenvalue weighted by atomic mass is 10.0. The molecule has 0 radical (unpaired) electrons. The van der Waals surface area contributed by atoms with Gasteiger partial charge in [0.15, 0.2) is 5.75 Å². The van der Waals surface area contributed by atoms with Crippen LogP contribution >= 0.6 is 0 Å². The van der Waals surface area contributed by atoms with Crippen LogP contribution < -0.4 is 9.47 Å². The van der Waals surface area contributed by atoms with Crippen molar-refractivity contribution in [2.75, 3.05) is 25.4 Å². The highest BCUT2D eigenvalue weighted by Crippen LogP contribution is 2.32. The van der Waals surface area contributed by atoms with E-state index in [1.165, 1.54) is 0 Å². The Morgan fingerprint density at radius 3 is 2.57 bits per heavy atom. The van der Waals surface area contributed by atoms with Crippen LogP contribution in [-0.4, -0.2) is 72.4 Å². The molecule has 0 unspecified atom stereocenters.